The van der Waals surface area contributed by atoms with Gasteiger partial charge >= 0.3 is 261 Å². The van der Waals surface area contributed by atoms with Crippen LogP contribution in [0.15, 0.2) is 121 Å². The van der Waals surface area contributed by atoms with E-state index in [9.17, 15) is 0 Å². The van der Waals surface area contributed by atoms with Gasteiger partial charge in [0.05, 0.1) is 0 Å². The Morgan fingerprint density at radius 3 is 1.33 bits per heavy atom. The van der Waals surface area contributed by atoms with Crippen molar-refractivity contribution in [3.05, 3.63) is 121 Å². The fraction of sp³-hybridized carbons (Fsp3) is 0.238. The van der Waals surface area contributed by atoms with E-state index in [2.05, 4.69) is 135 Å². The standard InChI is InChI=1S/C42H42Ge/c1-3-5-11-27-43(28-12-6-4-2)41-25-23-33(37-21-13-17-31-15-7-9-19-35(31)37)29-39(41)40-30-34(24-26-42(40)43)38-22-14-18-32-16-8-10-20-36(32)38/h7-10,13-26,29-30H,3-6,11-12,27-28H2,1-2H3. The second-order valence-corrected chi connectivity index (χ2v) is 21.5. The van der Waals surface area contributed by atoms with Crippen LogP contribution in [0.25, 0.3) is 54.9 Å². The number of hydrogen-bond acceptors (Lipinski definition) is 0. The van der Waals surface area contributed by atoms with E-state index >= 15 is 0 Å². The van der Waals surface area contributed by atoms with Crippen LogP contribution in [0.2, 0.25) is 10.5 Å². The van der Waals surface area contributed by atoms with Gasteiger partial charge in [0.25, 0.3) is 0 Å². The Morgan fingerprint density at radius 2 is 0.860 bits per heavy atom. The quantitative estimate of drug-likeness (QED) is 0.106. The zero-order valence-corrected chi connectivity index (χ0v) is 27.8. The summed E-state index contributed by atoms with van der Waals surface area (Å²) >= 11 is -2.60. The van der Waals surface area contributed by atoms with E-state index in [1.807, 2.05) is 0 Å². The van der Waals surface area contributed by atoms with Crippen LogP contribution in [-0.2, 0) is 0 Å². The van der Waals surface area contributed by atoms with E-state index in [1.165, 1.54) is 104 Å². The van der Waals surface area contributed by atoms with E-state index in [0.29, 0.717) is 0 Å². The minimum absolute atomic E-state index is 1.28. The van der Waals surface area contributed by atoms with E-state index in [1.54, 1.807) is 8.79 Å². The number of fused-ring (bicyclic) bond motifs is 5. The van der Waals surface area contributed by atoms with E-state index in [-0.39, 0.29) is 0 Å². The fourth-order valence-electron chi connectivity index (χ4n) is 7.82. The molecule has 1 heterocycles. The zero-order chi connectivity index (χ0) is 29.2. The second kappa shape index (κ2) is 12.2. The van der Waals surface area contributed by atoms with Gasteiger partial charge in [-0.2, -0.15) is 0 Å². The van der Waals surface area contributed by atoms with Crippen LogP contribution in [0.3, 0.4) is 0 Å². The summed E-state index contributed by atoms with van der Waals surface area (Å²) in [6.45, 7) is 4.69. The molecule has 43 heavy (non-hydrogen) atoms. The molecule has 0 atom stereocenters. The third-order valence-corrected chi connectivity index (χ3v) is 21.2. The summed E-state index contributed by atoms with van der Waals surface area (Å²) in [5, 5.41) is 8.13. The van der Waals surface area contributed by atoms with Crippen molar-refractivity contribution in [1.82, 2.24) is 0 Å². The van der Waals surface area contributed by atoms with E-state index < -0.39 is 13.3 Å². The summed E-state index contributed by atoms with van der Waals surface area (Å²) in [4.78, 5) is 0. The van der Waals surface area contributed by atoms with Crippen molar-refractivity contribution in [1.29, 1.82) is 0 Å². The summed E-state index contributed by atoms with van der Waals surface area (Å²) < 4.78 is 3.47. The number of hydrogen-bond donors (Lipinski definition) is 0. The first-order chi connectivity index (χ1) is 21.2. The summed E-state index contributed by atoms with van der Waals surface area (Å²) in [7, 11) is 0. The van der Waals surface area contributed by atoms with Gasteiger partial charge in [-0.05, 0) is 0 Å². The van der Waals surface area contributed by atoms with E-state index in [4.69, 9.17) is 0 Å². The molecule has 0 spiro atoms. The molecule has 1 aliphatic rings. The molecule has 0 aliphatic carbocycles. The summed E-state index contributed by atoms with van der Waals surface area (Å²) in [5.74, 6) is 0. The Kier molecular flexibility index (Phi) is 7.97. The molecule has 1 heteroatoms. The van der Waals surface area contributed by atoms with Crippen molar-refractivity contribution in [2.75, 3.05) is 0 Å². The number of rotatable bonds is 10. The van der Waals surface area contributed by atoms with Crippen molar-refractivity contribution in [2.45, 2.75) is 62.9 Å². The summed E-state index contributed by atoms with van der Waals surface area (Å²) in [6.07, 6.45) is 7.97. The van der Waals surface area contributed by atoms with Gasteiger partial charge in [-0.1, -0.05) is 0 Å². The van der Waals surface area contributed by atoms with Crippen LogP contribution in [0, 0.1) is 0 Å². The van der Waals surface area contributed by atoms with Gasteiger partial charge < -0.3 is 0 Å². The van der Waals surface area contributed by atoms with Gasteiger partial charge in [0, 0.05) is 0 Å². The van der Waals surface area contributed by atoms with Crippen LogP contribution in [0.5, 0.6) is 0 Å². The molecule has 6 aromatic carbocycles. The topological polar surface area (TPSA) is 0 Å². The van der Waals surface area contributed by atoms with Gasteiger partial charge in [-0.15, -0.1) is 0 Å². The van der Waals surface area contributed by atoms with Crippen molar-refractivity contribution in [2.24, 2.45) is 0 Å². The maximum atomic E-state index is 2.59. The normalized spacial score (nSPS) is 13.3. The van der Waals surface area contributed by atoms with Gasteiger partial charge in [0.1, 0.15) is 0 Å². The van der Waals surface area contributed by atoms with Crippen LogP contribution in [0.4, 0.5) is 0 Å². The molecular formula is C42H42Ge. The van der Waals surface area contributed by atoms with Crippen molar-refractivity contribution >= 4 is 43.6 Å². The Balaban J connectivity index is 1.44. The van der Waals surface area contributed by atoms with Gasteiger partial charge in [0.2, 0.25) is 0 Å². The first-order valence-electron chi connectivity index (χ1n) is 16.5. The summed E-state index contributed by atoms with van der Waals surface area (Å²) in [6, 6.07) is 46.4. The molecule has 0 amide bonds. The first kappa shape index (κ1) is 28.2. The predicted molar refractivity (Wildman–Crippen MR) is 191 cm³/mol. The molecule has 0 nitrogen and oxygen atoms in total. The Bertz CT molecular complexity index is 1760. The molecule has 1 aliphatic heterocycles. The predicted octanol–water partition coefficient (Wildman–Crippen LogP) is 11.3. The Morgan fingerprint density at radius 1 is 0.419 bits per heavy atom. The van der Waals surface area contributed by atoms with Crippen LogP contribution in [-0.4, -0.2) is 13.3 Å². The van der Waals surface area contributed by atoms with Crippen molar-refractivity contribution < 1.29 is 0 Å². The molecule has 6 aromatic rings. The maximum absolute atomic E-state index is 2.60. The van der Waals surface area contributed by atoms with Gasteiger partial charge in [-0.3, -0.25) is 0 Å². The van der Waals surface area contributed by atoms with E-state index in [0.717, 1.165) is 0 Å². The molecule has 0 fully saturated rings. The number of benzene rings is 6. The van der Waals surface area contributed by atoms with Gasteiger partial charge in [0.15, 0.2) is 0 Å². The molecule has 0 saturated carbocycles. The average molecular weight is 619 g/mol. The molecule has 214 valence electrons. The minimum atomic E-state index is -2.60. The Labute approximate surface area is 260 Å². The zero-order valence-electron chi connectivity index (χ0n) is 25.7. The van der Waals surface area contributed by atoms with Crippen LogP contribution < -0.4 is 8.79 Å². The third kappa shape index (κ3) is 5.04. The monoisotopic (exact) mass is 620 g/mol. The first-order valence-corrected chi connectivity index (χ1v) is 21.6. The molecule has 0 radical (unpaired) electrons. The molecule has 0 aromatic heterocycles. The molecular weight excluding hydrogens is 577 g/mol. The molecule has 0 saturated heterocycles. The average Bonchev–Trinajstić information content (AvgIpc) is 3.32. The van der Waals surface area contributed by atoms with Crippen LogP contribution in [0.1, 0.15) is 52.4 Å². The van der Waals surface area contributed by atoms with Crippen molar-refractivity contribution in [3.8, 4) is 33.4 Å². The third-order valence-electron chi connectivity index (χ3n) is 9.98. The van der Waals surface area contributed by atoms with Crippen molar-refractivity contribution in [3.63, 3.8) is 0 Å². The van der Waals surface area contributed by atoms with Crippen LogP contribution >= 0.6 is 0 Å². The number of unbranched alkanes of at least 4 members (excludes halogenated alkanes) is 4. The summed E-state index contributed by atoms with van der Waals surface area (Å²) in [5.41, 5.74) is 8.42. The Hall–Kier alpha value is -3.62. The fourth-order valence-corrected chi connectivity index (χ4v) is 19.5. The molecule has 0 N–H and O–H groups in total. The molecule has 0 unspecified atom stereocenters. The molecule has 0 bridgehead atoms. The molecule has 7 rings (SSSR count). The second-order valence-electron chi connectivity index (χ2n) is 12.6. The SMILES string of the molecule is CCCC[CH2][Ge]1([CH2]CCCC)[c]2ccc(-c3cccc4ccccc34)cc2-c2cc(-c3cccc4ccccc34)cc[c]21. The van der Waals surface area contributed by atoms with Gasteiger partial charge in [-0.25, -0.2) is 0 Å².